The van der Waals surface area contributed by atoms with E-state index in [1.54, 1.807) is 0 Å². The van der Waals surface area contributed by atoms with Crippen molar-refractivity contribution < 1.29 is 0 Å². The molecule has 1 aromatic heterocycles. The van der Waals surface area contributed by atoms with Crippen LogP contribution < -0.4 is 10.6 Å². The fourth-order valence-corrected chi connectivity index (χ4v) is 2.03. The van der Waals surface area contributed by atoms with Gasteiger partial charge in [-0.15, -0.1) is 0 Å². The number of nitrogens with zero attached hydrogens (tertiary/aromatic N) is 2. The number of benzene rings is 1. The molecule has 0 radical (unpaired) electrons. The highest BCUT2D eigenvalue weighted by Gasteiger charge is 2.10. The van der Waals surface area contributed by atoms with Crippen LogP contribution in [0.4, 0.5) is 5.82 Å². The molecule has 1 aromatic carbocycles. The van der Waals surface area contributed by atoms with Crippen LogP contribution in [0.25, 0.3) is 10.9 Å². The highest BCUT2D eigenvalue weighted by atomic mass is 15.2. The third kappa shape index (κ3) is 2.27. The molecule has 0 spiro atoms. The summed E-state index contributed by atoms with van der Waals surface area (Å²) in [4.78, 5) is 6.69. The van der Waals surface area contributed by atoms with Crippen molar-refractivity contribution in [1.29, 1.82) is 5.41 Å². The topological polar surface area (TPSA) is 66.0 Å². The van der Waals surface area contributed by atoms with Crippen molar-refractivity contribution in [2.24, 2.45) is 5.73 Å². The van der Waals surface area contributed by atoms with Crippen molar-refractivity contribution in [3.05, 3.63) is 35.9 Å². The highest BCUT2D eigenvalue weighted by molar-refractivity contribution is 6.07. The van der Waals surface area contributed by atoms with Gasteiger partial charge in [0, 0.05) is 24.5 Å². The lowest BCUT2D eigenvalue weighted by Crippen LogP contribution is -2.20. The zero-order valence-corrected chi connectivity index (χ0v) is 10.8. The number of rotatable bonds is 4. The molecule has 0 bridgehead atoms. The molecule has 0 saturated carbocycles. The van der Waals surface area contributed by atoms with E-state index in [9.17, 15) is 0 Å². The van der Waals surface area contributed by atoms with Gasteiger partial charge in [0.1, 0.15) is 11.7 Å². The molecule has 18 heavy (non-hydrogen) atoms. The molecule has 4 heteroatoms. The van der Waals surface area contributed by atoms with E-state index < -0.39 is 0 Å². The Balaban J connectivity index is 2.60. The lowest BCUT2D eigenvalue weighted by Gasteiger charge is -2.19. The number of amidine groups is 1. The number of para-hydroxylation sites is 1. The Hall–Kier alpha value is -2.10. The van der Waals surface area contributed by atoms with Gasteiger partial charge in [-0.05, 0) is 18.6 Å². The molecule has 0 aliphatic rings. The van der Waals surface area contributed by atoms with Gasteiger partial charge in [0.15, 0.2) is 0 Å². The summed E-state index contributed by atoms with van der Waals surface area (Å²) in [5, 5.41) is 8.62. The lowest BCUT2D eigenvalue weighted by atomic mass is 10.1. The minimum absolute atomic E-state index is 0.0831. The van der Waals surface area contributed by atoms with E-state index in [1.807, 2.05) is 37.4 Å². The van der Waals surface area contributed by atoms with Gasteiger partial charge in [-0.1, -0.05) is 25.1 Å². The zero-order valence-electron chi connectivity index (χ0n) is 10.8. The van der Waals surface area contributed by atoms with Gasteiger partial charge in [0.05, 0.1) is 5.52 Å². The number of nitrogen functional groups attached to an aromatic ring is 1. The van der Waals surface area contributed by atoms with Gasteiger partial charge in [0.25, 0.3) is 0 Å². The maximum absolute atomic E-state index is 7.69. The molecule has 0 aliphatic carbocycles. The number of hydrogen-bond acceptors (Lipinski definition) is 3. The molecule has 0 unspecified atom stereocenters. The molecular formula is C14H18N4. The summed E-state index contributed by atoms with van der Waals surface area (Å²) in [5.74, 6) is 0.945. The van der Waals surface area contributed by atoms with Crippen LogP contribution in [0, 0.1) is 5.41 Å². The van der Waals surface area contributed by atoms with Crippen LogP contribution in [0.15, 0.2) is 30.3 Å². The van der Waals surface area contributed by atoms with Crippen LogP contribution >= 0.6 is 0 Å². The molecule has 0 atom stereocenters. The summed E-state index contributed by atoms with van der Waals surface area (Å²) in [6.45, 7) is 3.06. The van der Waals surface area contributed by atoms with Crippen LogP contribution in [0.2, 0.25) is 0 Å². The van der Waals surface area contributed by atoms with Crippen molar-refractivity contribution >= 4 is 22.6 Å². The first-order chi connectivity index (χ1) is 8.63. The third-order valence-corrected chi connectivity index (χ3v) is 2.94. The molecule has 3 N–H and O–H groups in total. The summed E-state index contributed by atoms with van der Waals surface area (Å²) in [6, 6.07) is 9.67. The maximum Gasteiger partial charge on any atom is 0.129 e. The molecule has 1 heterocycles. The van der Waals surface area contributed by atoms with E-state index in [-0.39, 0.29) is 5.84 Å². The molecule has 0 aliphatic heterocycles. The first kappa shape index (κ1) is 12.4. The van der Waals surface area contributed by atoms with Crippen LogP contribution in [0.5, 0.6) is 0 Å². The van der Waals surface area contributed by atoms with Crippen LogP contribution in [0.1, 0.15) is 18.9 Å². The van der Waals surface area contributed by atoms with E-state index in [4.69, 9.17) is 11.1 Å². The second-order valence-corrected chi connectivity index (χ2v) is 4.38. The molecule has 0 fully saturated rings. The molecule has 0 saturated heterocycles. The van der Waals surface area contributed by atoms with E-state index in [1.165, 1.54) is 0 Å². The van der Waals surface area contributed by atoms with E-state index in [0.29, 0.717) is 0 Å². The second-order valence-electron chi connectivity index (χ2n) is 4.38. The summed E-state index contributed by atoms with van der Waals surface area (Å²) in [6.07, 6.45) is 1.06. The van der Waals surface area contributed by atoms with E-state index in [0.717, 1.165) is 35.2 Å². The summed E-state index contributed by atoms with van der Waals surface area (Å²) >= 11 is 0. The lowest BCUT2D eigenvalue weighted by molar-refractivity contribution is 0.840. The molecule has 94 valence electrons. The van der Waals surface area contributed by atoms with Crippen LogP contribution in [-0.4, -0.2) is 24.4 Å². The number of aromatic nitrogens is 1. The Morgan fingerprint density at radius 3 is 2.78 bits per heavy atom. The van der Waals surface area contributed by atoms with Gasteiger partial charge in [-0.3, -0.25) is 5.41 Å². The molecule has 2 rings (SSSR count). The number of pyridine rings is 1. The molecule has 0 amide bonds. The molecule has 2 aromatic rings. The van der Waals surface area contributed by atoms with Gasteiger partial charge in [0.2, 0.25) is 0 Å². The first-order valence-corrected chi connectivity index (χ1v) is 6.08. The number of anilines is 1. The Bertz CT molecular complexity index is 577. The van der Waals surface area contributed by atoms with Gasteiger partial charge < -0.3 is 10.6 Å². The Kier molecular flexibility index (Phi) is 3.46. The predicted molar refractivity (Wildman–Crippen MR) is 76.3 cm³/mol. The fraction of sp³-hybridized carbons (Fsp3) is 0.286. The summed E-state index contributed by atoms with van der Waals surface area (Å²) in [5.41, 5.74) is 7.29. The monoisotopic (exact) mass is 242 g/mol. The minimum atomic E-state index is 0.0831. The highest BCUT2D eigenvalue weighted by Crippen LogP contribution is 2.22. The second kappa shape index (κ2) is 5.04. The summed E-state index contributed by atoms with van der Waals surface area (Å²) < 4.78 is 0. The smallest absolute Gasteiger partial charge is 0.129 e. The van der Waals surface area contributed by atoms with Crippen molar-refractivity contribution in [2.45, 2.75) is 13.3 Å². The Morgan fingerprint density at radius 2 is 2.11 bits per heavy atom. The largest absolute Gasteiger partial charge is 0.384 e. The maximum atomic E-state index is 7.69. The van der Waals surface area contributed by atoms with Crippen molar-refractivity contribution in [2.75, 3.05) is 18.5 Å². The van der Waals surface area contributed by atoms with Crippen molar-refractivity contribution in [3.8, 4) is 0 Å². The van der Waals surface area contributed by atoms with Crippen molar-refractivity contribution in [3.63, 3.8) is 0 Å². The average Bonchev–Trinajstić information content (AvgIpc) is 2.37. The SMILES string of the molecule is CCCN(C)c1cc(C(=N)N)c2ccccc2n1. The van der Waals surface area contributed by atoms with E-state index in [2.05, 4.69) is 16.8 Å². The normalized spacial score (nSPS) is 10.6. The third-order valence-electron chi connectivity index (χ3n) is 2.94. The number of nitrogens with two attached hydrogens (primary N) is 1. The first-order valence-electron chi connectivity index (χ1n) is 6.08. The summed E-state index contributed by atoms with van der Waals surface area (Å²) in [7, 11) is 2.00. The van der Waals surface area contributed by atoms with Crippen LogP contribution in [-0.2, 0) is 0 Å². The predicted octanol–water partition coefficient (Wildman–Crippen LogP) is 2.37. The van der Waals surface area contributed by atoms with Crippen LogP contribution in [0.3, 0.4) is 0 Å². The van der Waals surface area contributed by atoms with Gasteiger partial charge in [-0.25, -0.2) is 4.98 Å². The molecule has 4 nitrogen and oxygen atoms in total. The van der Waals surface area contributed by atoms with E-state index >= 15 is 0 Å². The average molecular weight is 242 g/mol. The standard InChI is InChI=1S/C14H18N4/c1-3-8-18(2)13-9-11(14(15)16)10-6-4-5-7-12(10)17-13/h4-7,9H,3,8H2,1-2H3,(H3,15,16). The Morgan fingerprint density at radius 1 is 1.39 bits per heavy atom. The minimum Gasteiger partial charge on any atom is -0.384 e. The van der Waals surface area contributed by atoms with Crippen molar-refractivity contribution in [1.82, 2.24) is 4.98 Å². The quantitative estimate of drug-likeness (QED) is 0.639. The Labute approximate surface area is 107 Å². The van der Waals surface area contributed by atoms with Gasteiger partial charge >= 0.3 is 0 Å². The zero-order chi connectivity index (χ0) is 13.1. The van der Waals surface area contributed by atoms with Gasteiger partial charge in [-0.2, -0.15) is 0 Å². The number of fused-ring (bicyclic) bond motifs is 1. The number of hydrogen-bond donors (Lipinski definition) is 2. The number of nitrogens with one attached hydrogen (secondary N) is 1. The molecular weight excluding hydrogens is 224 g/mol. The fourth-order valence-electron chi connectivity index (χ4n) is 2.03.